The van der Waals surface area contributed by atoms with Crippen molar-refractivity contribution in [2.75, 3.05) is 0 Å². The van der Waals surface area contributed by atoms with Crippen molar-refractivity contribution in [1.82, 2.24) is 21.3 Å². The van der Waals surface area contributed by atoms with E-state index in [1.807, 2.05) is 0 Å². The lowest BCUT2D eigenvalue weighted by Gasteiger charge is -2.49. The van der Waals surface area contributed by atoms with Crippen molar-refractivity contribution >= 4 is 34.6 Å². The molecule has 12 nitrogen and oxygen atoms in total. The Balaban J connectivity index is 1.48. The first-order valence-corrected chi connectivity index (χ1v) is 26.5. The number of fused-ring (bicyclic) bond motifs is 1. The third kappa shape index (κ3) is 12.4. The average molecular weight is 973 g/mol. The normalized spacial score (nSPS) is 32.7. The molecule has 4 aliphatic heterocycles. The molecule has 4 heterocycles. The molecule has 2 aromatic carbocycles. The summed E-state index contributed by atoms with van der Waals surface area (Å²) in [5.41, 5.74) is -2.68. The van der Waals surface area contributed by atoms with Gasteiger partial charge in [0.25, 0.3) is 0 Å². The van der Waals surface area contributed by atoms with Crippen LogP contribution in [-0.4, -0.2) is 68.2 Å². The van der Waals surface area contributed by atoms with Gasteiger partial charge in [-0.15, -0.1) is 0 Å². The van der Waals surface area contributed by atoms with E-state index >= 15 is 0 Å². The van der Waals surface area contributed by atoms with Gasteiger partial charge in [-0.2, -0.15) is 0 Å². The van der Waals surface area contributed by atoms with Crippen LogP contribution in [0.15, 0.2) is 24.3 Å². The molecule has 0 spiro atoms. The van der Waals surface area contributed by atoms with Gasteiger partial charge in [-0.3, -0.25) is 19.2 Å². The summed E-state index contributed by atoms with van der Waals surface area (Å²) >= 11 is 0. The molecule has 6 rings (SSSR count). The first-order chi connectivity index (χ1) is 31.9. The van der Waals surface area contributed by atoms with Gasteiger partial charge in [0.15, 0.2) is 11.5 Å². The molecule has 2 aromatic rings. The zero-order chi connectivity index (χ0) is 52.5. The van der Waals surface area contributed by atoms with Crippen LogP contribution in [0, 0.1) is 47.3 Å². The summed E-state index contributed by atoms with van der Waals surface area (Å²) < 4.78 is 25.8. The summed E-state index contributed by atoms with van der Waals surface area (Å²) in [7, 11) is 0. The van der Waals surface area contributed by atoms with Crippen LogP contribution in [-0.2, 0) is 19.2 Å². The van der Waals surface area contributed by atoms with Crippen molar-refractivity contribution in [3.8, 4) is 23.0 Å². The van der Waals surface area contributed by atoms with Crippen LogP contribution in [0.1, 0.15) is 190 Å². The van der Waals surface area contributed by atoms with Crippen LogP contribution in [0.5, 0.6) is 23.0 Å². The van der Waals surface area contributed by atoms with E-state index in [9.17, 15) is 19.2 Å². The van der Waals surface area contributed by atoms with Gasteiger partial charge < -0.3 is 40.2 Å². The van der Waals surface area contributed by atoms with Crippen LogP contribution in [0.2, 0.25) is 0 Å². The average Bonchev–Trinajstić information content (AvgIpc) is 3.18. The van der Waals surface area contributed by atoms with E-state index in [2.05, 4.69) is 160 Å². The molecule has 0 radical (unpaired) electrons. The lowest BCUT2D eigenvalue weighted by Crippen LogP contribution is -2.62. The summed E-state index contributed by atoms with van der Waals surface area (Å²) in [4.78, 5) is 58.3. The highest BCUT2D eigenvalue weighted by Crippen LogP contribution is 2.46. The van der Waals surface area contributed by atoms with Crippen molar-refractivity contribution in [2.24, 2.45) is 47.3 Å². The number of ether oxygens (including phenoxy) is 4. The molecule has 8 atom stereocenters. The van der Waals surface area contributed by atoms with Crippen LogP contribution in [0.4, 0.5) is 0 Å². The molecule has 392 valence electrons. The molecule has 4 N–H and O–H groups in total. The first-order valence-electron chi connectivity index (χ1n) is 26.5. The number of piperidine rings is 4. The number of hydrogen-bond donors (Lipinski definition) is 4. The molecule has 0 saturated carbocycles. The number of carbonyl (C=O) groups excluding carboxylic acids is 4. The SMILES string of the molecule is CC(C)C1(C)CC(C(=O)Oc2cc(OC(=O)C3CC(C)(C)NC(C)(C(C)C)C3)c3cc(OC(=O)C4CC(C)(C)NC(C)(C(C)C)C4)c(OC(=O)C4CC(C)(C)NC(C)(C(C)C)C4)cc3c2)CC(C)(C)N1. The molecule has 70 heavy (non-hydrogen) atoms. The zero-order valence-electron chi connectivity index (χ0n) is 46.9. The predicted molar refractivity (Wildman–Crippen MR) is 279 cm³/mol. The van der Waals surface area contributed by atoms with Gasteiger partial charge in [0.2, 0.25) is 0 Å². The molecule has 4 saturated heterocycles. The van der Waals surface area contributed by atoms with Crippen molar-refractivity contribution in [2.45, 2.75) is 234 Å². The van der Waals surface area contributed by atoms with Gasteiger partial charge in [-0.1, -0.05) is 55.4 Å². The fraction of sp³-hybridized carbons (Fsp3) is 0.759. The molecule has 0 aliphatic carbocycles. The third-order valence-electron chi connectivity index (χ3n) is 17.4. The number of benzene rings is 2. The smallest absolute Gasteiger partial charge is 0.314 e. The molecule has 12 heteroatoms. The van der Waals surface area contributed by atoms with Crippen LogP contribution < -0.4 is 40.2 Å². The zero-order valence-corrected chi connectivity index (χ0v) is 46.9. The van der Waals surface area contributed by atoms with E-state index in [1.54, 1.807) is 24.3 Å². The molecular formula is C58H92N4O8. The van der Waals surface area contributed by atoms with E-state index in [1.165, 1.54) is 0 Å². The number of hydrogen-bond acceptors (Lipinski definition) is 12. The Morgan fingerprint density at radius 1 is 0.386 bits per heavy atom. The summed E-state index contributed by atoms with van der Waals surface area (Å²) in [5.74, 6) is -1.98. The van der Waals surface area contributed by atoms with Crippen LogP contribution >= 0.6 is 0 Å². The van der Waals surface area contributed by atoms with Gasteiger partial charge in [0.1, 0.15) is 11.5 Å². The molecule has 0 amide bonds. The van der Waals surface area contributed by atoms with E-state index < -0.39 is 41.6 Å². The minimum atomic E-state index is -0.463. The van der Waals surface area contributed by atoms with E-state index in [0.29, 0.717) is 62.1 Å². The summed E-state index contributed by atoms with van der Waals surface area (Å²) in [6.07, 6.45) is 4.47. The summed E-state index contributed by atoms with van der Waals surface area (Å²) in [6.45, 7) is 42.8. The quantitative estimate of drug-likeness (QED) is 0.118. The van der Waals surface area contributed by atoms with Gasteiger partial charge in [-0.25, -0.2) is 0 Å². The van der Waals surface area contributed by atoms with Crippen molar-refractivity contribution < 1.29 is 38.1 Å². The molecule has 0 bridgehead atoms. The lowest BCUT2D eigenvalue weighted by atomic mass is 9.70. The Bertz CT molecular complexity index is 2320. The fourth-order valence-corrected chi connectivity index (χ4v) is 12.9. The number of carbonyl (C=O) groups is 4. The maximum absolute atomic E-state index is 14.7. The highest BCUT2D eigenvalue weighted by Gasteiger charge is 2.49. The Kier molecular flexibility index (Phi) is 15.4. The molecular weight excluding hydrogens is 881 g/mol. The van der Waals surface area contributed by atoms with Gasteiger partial charge >= 0.3 is 23.9 Å². The Morgan fingerprint density at radius 3 is 0.957 bits per heavy atom. The highest BCUT2D eigenvalue weighted by atomic mass is 16.6. The number of rotatable bonds is 12. The fourth-order valence-electron chi connectivity index (χ4n) is 12.9. The lowest BCUT2D eigenvalue weighted by molar-refractivity contribution is -0.145. The van der Waals surface area contributed by atoms with E-state index in [-0.39, 0.29) is 97.0 Å². The molecule has 4 aliphatic rings. The summed E-state index contributed by atoms with van der Waals surface area (Å²) in [5, 5.41) is 16.1. The standard InChI is InChI=1S/C58H92N4O8/c1-33(2)55(17)29-38(25-51(9,10)59-55)47(63)67-42-21-37-22-45(69-49(65)40-27-53(13,14)61-57(19,31-40)35(5)6)46(70-50(66)41-28-54(15,16)62-58(20,32-41)36(7)8)24-43(37)44(23-42)68-48(64)39-26-52(11,12)60-56(18,30-39)34(3)4/h21-24,33-36,38-41,59-62H,25-32H2,1-20H3. The first kappa shape index (κ1) is 55.7. The highest BCUT2D eigenvalue weighted by molar-refractivity contribution is 5.96. The van der Waals surface area contributed by atoms with Crippen LogP contribution in [0.3, 0.4) is 0 Å². The maximum atomic E-state index is 14.7. The molecule has 0 aromatic heterocycles. The van der Waals surface area contributed by atoms with Crippen molar-refractivity contribution in [3.05, 3.63) is 24.3 Å². The van der Waals surface area contributed by atoms with E-state index in [4.69, 9.17) is 18.9 Å². The van der Waals surface area contributed by atoms with Crippen molar-refractivity contribution in [1.29, 1.82) is 0 Å². The van der Waals surface area contributed by atoms with Gasteiger partial charge in [-0.05, 0) is 182 Å². The monoisotopic (exact) mass is 973 g/mol. The van der Waals surface area contributed by atoms with Gasteiger partial charge in [0.05, 0.1) is 23.7 Å². The minimum Gasteiger partial charge on any atom is -0.426 e. The topological polar surface area (TPSA) is 153 Å². The second-order valence-corrected chi connectivity index (χ2v) is 27.4. The number of esters is 4. The minimum absolute atomic E-state index is 0.0515. The third-order valence-corrected chi connectivity index (χ3v) is 17.4. The Morgan fingerprint density at radius 2 is 0.657 bits per heavy atom. The largest absolute Gasteiger partial charge is 0.426 e. The number of nitrogens with one attached hydrogen (secondary N) is 4. The van der Waals surface area contributed by atoms with Crippen LogP contribution in [0.25, 0.3) is 10.8 Å². The molecule has 4 fully saturated rings. The Labute approximate surface area is 421 Å². The maximum Gasteiger partial charge on any atom is 0.314 e. The Hall–Kier alpha value is -3.58. The second-order valence-electron chi connectivity index (χ2n) is 27.4. The second kappa shape index (κ2) is 19.4. The summed E-state index contributed by atoms with van der Waals surface area (Å²) in [6, 6.07) is 6.63. The van der Waals surface area contributed by atoms with Crippen molar-refractivity contribution in [3.63, 3.8) is 0 Å². The predicted octanol–water partition coefficient (Wildman–Crippen LogP) is 11.2. The van der Waals surface area contributed by atoms with Gasteiger partial charge in [0, 0.05) is 55.8 Å². The van der Waals surface area contributed by atoms with E-state index in [0.717, 1.165) is 0 Å². The molecule has 8 unspecified atom stereocenters.